The second-order valence-corrected chi connectivity index (χ2v) is 8.55. The molecule has 158 valence electrons. The van der Waals surface area contributed by atoms with Crippen molar-refractivity contribution in [1.82, 2.24) is 14.9 Å². The van der Waals surface area contributed by atoms with Gasteiger partial charge in [0.15, 0.2) is 0 Å². The van der Waals surface area contributed by atoms with Gasteiger partial charge in [-0.2, -0.15) is 0 Å². The van der Waals surface area contributed by atoms with Crippen molar-refractivity contribution in [1.29, 1.82) is 0 Å². The number of H-pyrrole nitrogens is 1. The molecule has 0 unspecified atom stereocenters. The lowest BCUT2D eigenvalue weighted by atomic mass is 10.0. The summed E-state index contributed by atoms with van der Waals surface area (Å²) in [6.07, 6.45) is 5.31. The number of aromatic amines is 1. The van der Waals surface area contributed by atoms with E-state index < -0.39 is 0 Å². The van der Waals surface area contributed by atoms with Crippen LogP contribution in [0.2, 0.25) is 0 Å². The van der Waals surface area contributed by atoms with Gasteiger partial charge in [-0.1, -0.05) is 12.1 Å². The van der Waals surface area contributed by atoms with E-state index in [1.54, 1.807) is 17.2 Å². The summed E-state index contributed by atoms with van der Waals surface area (Å²) in [6.45, 7) is 4.19. The molecule has 5 rings (SSSR count). The van der Waals surface area contributed by atoms with Crippen molar-refractivity contribution in [3.8, 4) is 0 Å². The molecule has 1 amide bonds. The lowest BCUT2D eigenvalue weighted by molar-refractivity contribution is -0.132. The predicted molar refractivity (Wildman–Crippen MR) is 120 cm³/mol. The highest BCUT2D eigenvalue weighted by molar-refractivity contribution is 5.89. The van der Waals surface area contributed by atoms with Crippen LogP contribution in [0, 0.1) is 0 Å². The van der Waals surface area contributed by atoms with Gasteiger partial charge in [0.25, 0.3) is 5.56 Å². The molecular formula is C25H25N3O3. The number of carbonyl (C=O) groups excluding carboxylic acids is 1. The summed E-state index contributed by atoms with van der Waals surface area (Å²) in [6, 6.07) is 11.5. The van der Waals surface area contributed by atoms with Crippen LogP contribution in [0.5, 0.6) is 0 Å². The fourth-order valence-corrected chi connectivity index (χ4v) is 4.48. The number of nitrogens with one attached hydrogen (secondary N) is 1. The first-order valence-corrected chi connectivity index (χ1v) is 10.8. The van der Waals surface area contributed by atoms with E-state index in [-0.39, 0.29) is 30.5 Å². The van der Waals surface area contributed by atoms with E-state index in [1.165, 1.54) is 17.5 Å². The van der Waals surface area contributed by atoms with Crippen LogP contribution in [0.15, 0.2) is 51.9 Å². The lowest BCUT2D eigenvalue weighted by Gasteiger charge is -2.26. The third-order valence-electron chi connectivity index (χ3n) is 6.14. The Kier molecular flexibility index (Phi) is 4.85. The van der Waals surface area contributed by atoms with Crippen LogP contribution < -0.4 is 5.56 Å². The molecule has 2 aromatic carbocycles. The minimum atomic E-state index is -0.188. The minimum Gasteiger partial charge on any atom is -0.464 e. The highest BCUT2D eigenvalue weighted by Gasteiger charge is 2.22. The maximum atomic E-state index is 13.2. The van der Waals surface area contributed by atoms with Gasteiger partial charge in [-0.05, 0) is 68.5 Å². The van der Waals surface area contributed by atoms with Crippen molar-refractivity contribution >= 4 is 27.8 Å². The molecular weight excluding hydrogens is 390 g/mol. The second-order valence-electron chi connectivity index (χ2n) is 8.55. The van der Waals surface area contributed by atoms with E-state index in [0.29, 0.717) is 16.7 Å². The fourth-order valence-electron chi connectivity index (χ4n) is 4.48. The third-order valence-corrected chi connectivity index (χ3v) is 6.14. The standard InChI is InChI=1S/C25H25N3O3/c1-15(2)28(13-23-26-21-9-4-3-8-19(21)25(30)27-23)24(29)12-18-14-31-22-11-17-7-5-6-16(17)10-20(18)22/h3-4,8-11,14-15H,5-7,12-13H2,1-2H3,(H,26,27,30). The van der Waals surface area contributed by atoms with E-state index in [0.717, 1.165) is 29.4 Å². The maximum absolute atomic E-state index is 13.2. The average molecular weight is 415 g/mol. The van der Waals surface area contributed by atoms with Crippen LogP contribution in [0.25, 0.3) is 21.9 Å². The number of furan rings is 1. The van der Waals surface area contributed by atoms with Crippen molar-refractivity contribution in [2.75, 3.05) is 0 Å². The number of amides is 1. The van der Waals surface area contributed by atoms with E-state index in [4.69, 9.17) is 4.42 Å². The van der Waals surface area contributed by atoms with Crippen LogP contribution in [0.3, 0.4) is 0 Å². The second kappa shape index (κ2) is 7.69. The topological polar surface area (TPSA) is 79.2 Å². The fraction of sp³-hybridized carbons (Fsp3) is 0.320. The van der Waals surface area contributed by atoms with Gasteiger partial charge < -0.3 is 14.3 Å². The number of hydrogen-bond acceptors (Lipinski definition) is 4. The summed E-state index contributed by atoms with van der Waals surface area (Å²) in [4.78, 5) is 34.8. The highest BCUT2D eigenvalue weighted by atomic mass is 16.3. The summed E-state index contributed by atoms with van der Waals surface area (Å²) < 4.78 is 5.77. The monoisotopic (exact) mass is 415 g/mol. The molecule has 0 bridgehead atoms. The van der Waals surface area contributed by atoms with Gasteiger partial charge in [-0.15, -0.1) is 0 Å². The molecule has 0 fully saturated rings. The van der Waals surface area contributed by atoms with Crippen LogP contribution in [0.1, 0.15) is 42.8 Å². The number of fused-ring (bicyclic) bond motifs is 3. The number of aryl methyl sites for hydroxylation is 2. The van der Waals surface area contributed by atoms with Crippen molar-refractivity contribution in [2.24, 2.45) is 0 Å². The Balaban J connectivity index is 1.42. The summed E-state index contributed by atoms with van der Waals surface area (Å²) in [5, 5.41) is 1.57. The molecule has 0 radical (unpaired) electrons. The smallest absolute Gasteiger partial charge is 0.258 e. The molecule has 6 nitrogen and oxygen atoms in total. The maximum Gasteiger partial charge on any atom is 0.258 e. The Morgan fingerprint density at radius 2 is 1.94 bits per heavy atom. The molecule has 2 heterocycles. The van der Waals surface area contributed by atoms with Gasteiger partial charge in [-0.25, -0.2) is 4.98 Å². The molecule has 4 aromatic rings. The number of rotatable bonds is 5. The summed E-state index contributed by atoms with van der Waals surface area (Å²) >= 11 is 0. The molecule has 0 saturated carbocycles. The number of nitrogens with zero attached hydrogens (tertiary/aromatic N) is 2. The Bertz CT molecular complexity index is 1350. The summed E-state index contributed by atoms with van der Waals surface area (Å²) in [7, 11) is 0. The summed E-state index contributed by atoms with van der Waals surface area (Å²) in [5.74, 6) is 0.467. The Morgan fingerprint density at radius 1 is 1.16 bits per heavy atom. The van der Waals surface area contributed by atoms with Gasteiger partial charge in [-0.3, -0.25) is 9.59 Å². The molecule has 0 aliphatic heterocycles. The molecule has 6 heteroatoms. The van der Waals surface area contributed by atoms with Crippen molar-refractivity contribution in [2.45, 2.75) is 52.1 Å². The predicted octanol–water partition coefficient (Wildman–Crippen LogP) is 4.14. The average Bonchev–Trinajstić information content (AvgIpc) is 3.36. The molecule has 1 aliphatic rings. The van der Waals surface area contributed by atoms with Gasteiger partial charge >= 0.3 is 0 Å². The largest absolute Gasteiger partial charge is 0.464 e. The van der Waals surface area contributed by atoms with Crippen LogP contribution in [0.4, 0.5) is 0 Å². The summed E-state index contributed by atoms with van der Waals surface area (Å²) in [5.41, 5.74) is 4.91. The first kappa shape index (κ1) is 19.5. The van der Waals surface area contributed by atoms with Gasteiger partial charge in [0, 0.05) is 17.0 Å². The van der Waals surface area contributed by atoms with E-state index in [9.17, 15) is 9.59 Å². The first-order chi connectivity index (χ1) is 15.0. The van der Waals surface area contributed by atoms with Gasteiger partial charge in [0.1, 0.15) is 11.4 Å². The number of aromatic nitrogens is 2. The molecule has 1 N–H and O–H groups in total. The normalized spacial score (nSPS) is 13.3. The highest BCUT2D eigenvalue weighted by Crippen LogP contribution is 2.30. The van der Waals surface area contributed by atoms with Crippen LogP contribution >= 0.6 is 0 Å². The van der Waals surface area contributed by atoms with Crippen LogP contribution in [-0.2, 0) is 30.6 Å². The molecule has 2 aromatic heterocycles. The lowest BCUT2D eigenvalue weighted by Crippen LogP contribution is -2.38. The number of para-hydroxylation sites is 1. The van der Waals surface area contributed by atoms with Gasteiger partial charge in [0.2, 0.25) is 5.91 Å². The third kappa shape index (κ3) is 3.63. The molecule has 1 aliphatic carbocycles. The SMILES string of the molecule is CC(C)N(Cc1nc2ccccc2c(=O)[nH]1)C(=O)Cc1coc2cc3c(cc12)CCC3. The molecule has 0 saturated heterocycles. The van der Waals surface area contributed by atoms with Gasteiger partial charge in [0.05, 0.1) is 30.1 Å². The molecule has 0 atom stereocenters. The number of benzene rings is 2. The van der Waals surface area contributed by atoms with E-state index >= 15 is 0 Å². The van der Waals surface area contributed by atoms with E-state index in [2.05, 4.69) is 22.1 Å². The van der Waals surface area contributed by atoms with Crippen molar-refractivity contribution < 1.29 is 9.21 Å². The zero-order chi connectivity index (χ0) is 21.5. The zero-order valence-electron chi connectivity index (χ0n) is 17.8. The zero-order valence-corrected chi connectivity index (χ0v) is 17.8. The van der Waals surface area contributed by atoms with Crippen LogP contribution in [-0.4, -0.2) is 26.8 Å². The Labute approximate surface area is 179 Å². The molecule has 31 heavy (non-hydrogen) atoms. The van der Waals surface area contributed by atoms with Crippen molar-refractivity contribution in [3.05, 3.63) is 75.5 Å². The first-order valence-electron chi connectivity index (χ1n) is 10.8. The number of hydrogen-bond donors (Lipinski definition) is 1. The Hall–Kier alpha value is -3.41. The van der Waals surface area contributed by atoms with Crippen molar-refractivity contribution in [3.63, 3.8) is 0 Å². The molecule has 0 spiro atoms. The van der Waals surface area contributed by atoms with E-state index in [1.807, 2.05) is 32.0 Å². The minimum absolute atomic E-state index is 0.0194. The Morgan fingerprint density at radius 3 is 2.74 bits per heavy atom. The number of carbonyl (C=O) groups is 1. The quantitative estimate of drug-likeness (QED) is 0.531.